The zero-order chi connectivity index (χ0) is 20.4. The first-order valence-corrected chi connectivity index (χ1v) is 11.3. The molecule has 1 aliphatic carbocycles. The molecule has 0 radical (unpaired) electrons. The van der Waals surface area contributed by atoms with Gasteiger partial charge in [-0.15, -0.1) is 0 Å². The fourth-order valence-corrected chi connectivity index (χ4v) is 5.93. The van der Waals surface area contributed by atoms with Crippen molar-refractivity contribution in [1.82, 2.24) is 4.90 Å². The summed E-state index contributed by atoms with van der Waals surface area (Å²) in [5, 5.41) is 10.2. The van der Waals surface area contributed by atoms with Gasteiger partial charge < -0.3 is 5.11 Å². The minimum atomic E-state index is 0.172. The van der Waals surface area contributed by atoms with Crippen molar-refractivity contribution in [3.05, 3.63) is 102 Å². The topological polar surface area (TPSA) is 23.5 Å². The standard InChI is InChI=1S/C28H31NO/c30-27-13-7-12-25(19-27)28-15-17-29(16-14-22-8-3-1-4-9-22)26(21-28)18-24(20-28)23-10-5-2-6-11-23/h1-13,19,24,26,30H,14-18,20-21H2/t24-,26+,28-/m0/s1. The lowest BCUT2D eigenvalue weighted by atomic mass is 9.59. The fourth-order valence-electron chi connectivity index (χ4n) is 5.93. The summed E-state index contributed by atoms with van der Waals surface area (Å²) in [5.41, 5.74) is 4.40. The summed E-state index contributed by atoms with van der Waals surface area (Å²) in [7, 11) is 0. The van der Waals surface area contributed by atoms with Crippen molar-refractivity contribution in [3.63, 3.8) is 0 Å². The largest absolute Gasteiger partial charge is 0.508 e. The SMILES string of the molecule is Oc1cccc([C@@]23CCN(CCc4ccccc4)[C@H](C[C@H](c4ccccc4)C2)C3)c1. The maximum absolute atomic E-state index is 10.2. The van der Waals surface area contributed by atoms with Gasteiger partial charge in [0, 0.05) is 12.6 Å². The van der Waals surface area contributed by atoms with Crippen LogP contribution in [0, 0.1) is 0 Å². The summed E-state index contributed by atoms with van der Waals surface area (Å²) in [5.74, 6) is 0.971. The van der Waals surface area contributed by atoms with E-state index in [-0.39, 0.29) is 5.41 Å². The number of phenolic OH excluding ortho intramolecular Hbond substituents is 1. The number of phenols is 1. The Balaban J connectivity index is 1.42. The smallest absolute Gasteiger partial charge is 0.115 e. The molecule has 1 N–H and O–H groups in total. The highest BCUT2D eigenvalue weighted by Gasteiger charge is 2.47. The molecule has 2 bridgehead atoms. The molecule has 3 aromatic carbocycles. The van der Waals surface area contributed by atoms with E-state index in [1.807, 2.05) is 12.1 Å². The minimum Gasteiger partial charge on any atom is -0.508 e. The first-order chi connectivity index (χ1) is 14.7. The average Bonchev–Trinajstić information content (AvgIpc) is 2.80. The third-order valence-electron chi connectivity index (χ3n) is 7.47. The molecular formula is C28H31NO. The Labute approximate surface area is 180 Å². The zero-order valence-corrected chi connectivity index (χ0v) is 17.6. The number of benzene rings is 3. The molecule has 3 aromatic rings. The molecule has 0 spiro atoms. The molecule has 2 aliphatic rings. The Hall–Kier alpha value is -2.58. The highest BCUT2D eigenvalue weighted by Crippen LogP contribution is 2.52. The van der Waals surface area contributed by atoms with Crippen LogP contribution in [-0.2, 0) is 11.8 Å². The number of nitrogens with zero attached hydrogens (tertiary/aromatic N) is 1. The number of piperidine rings is 1. The van der Waals surface area contributed by atoms with Crippen LogP contribution in [0.25, 0.3) is 0 Å². The Kier molecular flexibility index (Phi) is 5.35. The molecule has 2 fully saturated rings. The van der Waals surface area contributed by atoms with E-state index >= 15 is 0 Å². The van der Waals surface area contributed by atoms with Gasteiger partial charge in [0.15, 0.2) is 0 Å². The second-order valence-corrected chi connectivity index (χ2v) is 9.26. The predicted octanol–water partition coefficient (Wildman–Crippen LogP) is 5.91. The third-order valence-corrected chi connectivity index (χ3v) is 7.47. The van der Waals surface area contributed by atoms with Crippen molar-refractivity contribution in [2.75, 3.05) is 13.1 Å². The molecule has 0 amide bonds. The molecule has 2 heteroatoms. The van der Waals surface area contributed by atoms with Crippen LogP contribution >= 0.6 is 0 Å². The highest BCUT2D eigenvalue weighted by atomic mass is 16.3. The number of hydrogen-bond donors (Lipinski definition) is 1. The van der Waals surface area contributed by atoms with Crippen molar-refractivity contribution in [1.29, 1.82) is 0 Å². The van der Waals surface area contributed by atoms with Crippen LogP contribution in [0.5, 0.6) is 5.75 Å². The lowest BCUT2D eigenvalue weighted by Gasteiger charge is -2.53. The van der Waals surface area contributed by atoms with Gasteiger partial charge in [-0.3, -0.25) is 4.90 Å². The van der Waals surface area contributed by atoms with Crippen molar-refractivity contribution in [3.8, 4) is 5.75 Å². The van der Waals surface area contributed by atoms with Crippen molar-refractivity contribution >= 4 is 0 Å². The highest BCUT2D eigenvalue weighted by molar-refractivity contribution is 5.36. The second-order valence-electron chi connectivity index (χ2n) is 9.26. The average molecular weight is 398 g/mol. The Bertz CT molecular complexity index is 970. The van der Waals surface area contributed by atoms with Crippen molar-refractivity contribution in [2.45, 2.75) is 49.5 Å². The molecule has 0 aromatic heterocycles. The van der Waals surface area contributed by atoms with E-state index in [0.717, 1.165) is 19.5 Å². The van der Waals surface area contributed by atoms with Gasteiger partial charge in [-0.25, -0.2) is 0 Å². The van der Waals surface area contributed by atoms with Gasteiger partial charge in [0.2, 0.25) is 0 Å². The fraction of sp³-hybridized carbons (Fsp3) is 0.357. The van der Waals surface area contributed by atoms with E-state index in [2.05, 4.69) is 71.6 Å². The first-order valence-electron chi connectivity index (χ1n) is 11.3. The van der Waals surface area contributed by atoms with E-state index in [4.69, 9.17) is 0 Å². The van der Waals surface area contributed by atoms with E-state index in [9.17, 15) is 5.11 Å². The zero-order valence-electron chi connectivity index (χ0n) is 17.6. The molecule has 30 heavy (non-hydrogen) atoms. The lowest BCUT2D eigenvalue weighted by molar-refractivity contribution is 0.0422. The summed E-state index contributed by atoms with van der Waals surface area (Å²) >= 11 is 0. The van der Waals surface area contributed by atoms with Crippen LogP contribution in [0.3, 0.4) is 0 Å². The molecule has 1 aliphatic heterocycles. The van der Waals surface area contributed by atoms with E-state index in [0.29, 0.717) is 17.7 Å². The van der Waals surface area contributed by atoms with E-state index in [1.54, 1.807) is 6.07 Å². The molecule has 2 nitrogen and oxygen atoms in total. The monoisotopic (exact) mass is 397 g/mol. The van der Waals surface area contributed by atoms with Crippen molar-refractivity contribution in [2.24, 2.45) is 0 Å². The molecule has 5 rings (SSSR count). The van der Waals surface area contributed by atoms with Gasteiger partial charge in [0.05, 0.1) is 0 Å². The number of aromatic hydroxyl groups is 1. The maximum Gasteiger partial charge on any atom is 0.115 e. The first kappa shape index (κ1) is 19.4. The number of fused-ring (bicyclic) bond motifs is 2. The van der Waals surface area contributed by atoms with Crippen LogP contribution in [0.15, 0.2) is 84.9 Å². The van der Waals surface area contributed by atoms with Crippen LogP contribution in [-0.4, -0.2) is 29.1 Å². The molecule has 154 valence electrons. The Morgan fingerprint density at radius 3 is 2.40 bits per heavy atom. The summed E-state index contributed by atoms with van der Waals surface area (Å²) < 4.78 is 0. The number of likely N-dealkylation sites (tertiary alicyclic amines) is 1. The molecule has 0 unspecified atom stereocenters. The lowest BCUT2D eigenvalue weighted by Crippen LogP contribution is -2.53. The summed E-state index contributed by atoms with van der Waals surface area (Å²) in [4.78, 5) is 2.74. The third kappa shape index (κ3) is 3.89. The summed E-state index contributed by atoms with van der Waals surface area (Å²) in [6, 6.07) is 30.6. The van der Waals surface area contributed by atoms with Gasteiger partial charge in [-0.05, 0) is 78.8 Å². The molecule has 3 atom stereocenters. The van der Waals surface area contributed by atoms with Crippen LogP contribution in [0.2, 0.25) is 0 Å². The molecule has 1 heterocycles. The Morgan fingerprint density at radius 1 is 0.867 bits per heavy atom. The predicted molar refractivity (Wildman–Crippen MR) is 123 cm³/mol. The van der Waals surface area contributed by atoms with E-state index < -0.39 is 0 Å². The van der Waals surface area contributed by atoms with Crippen molar-refractivity contribution < 1.29 is 5.11 Å². The van der Waals surface area contributed by atoms with Crippen LogP contribution in [0.1, 0.15) is 48.3 Å². The Morgan fingerprint density at radius 2 is 1.63 bits per heavy atom. The van der Waals surface area contributed by atoms with Gasteiger partial charge in [0.25, 0.3) is 0 Å². The van der Waals surface area contributed by atoms with Gasteiger partial charge in [-0.1, -0.05) is 72.8 Å². The minimum absolute atomic E-state index is 0.172. The summed E-state index contributed by atoms with van der Waals surface area (Å²) in [6.07, 6.45) is 5.91. The van der Waals surface area contributed by atoms with Crippen LogP contribution in [0.4, 0.5) is 0 Å². The summed E-state index contributed by atoms with van der Waals surface area (Å²) in [6.45, 7) is 2.28. The quantitative estimate of drug-likeness (QED) is 0.578. The van der Waals surface area contributed by atoms with Gasteiger partial charge in [-0.2, -0.15) is 0 Å². The second kappa shape index (κ2) is 8.28. The van der Waals surface area contributed by atoms with Crippen LogP contribution < -0.4 is 0 Å². The number of hydrogen-bond acceptors (Lipinski definition) is 2. The van der Waals surface area contributed by atoms with Gasteiger partial charge in [0.1, 0.15) is 5.75 Å². The maximum atomic E-state index is 10.2. The molecule has 1 saturated carbocycles. The number of rotatable bonds is 5. The molecular weight excluding hydrogens is 366 g/mol. The van der Waals surface area contributed by atoms with E-state index in [1.165, 1.54) is 42.4 Å². The van der Waals surface area contributed by atoms with Gasteiger partial charge >= 0.3 is 0 Å². The normalized spacial score (nSPS) is 26.4. The molecule has 1 saturated heterocycles.